The van der Waals surface area contributed by atoms with Gasteiger partial charge in [-0.25, -0.2) is 0 Å². The molecule has 4 nitrogen and oxygen atoms in total. The summed E-state index contributed by atoms with van der Waals surface area (Å²) in [7, 11) is -4.56. The third kappa shape index (κ3) is 2.51. The first-order chi connectivity index (χ1) is 8.82. The molecule has 0 aliphatic heterocycles. The van der Waals surface area contributed by atoms with E-state index in [-0.39, 0.29) is 16.4 Å². The van der Waals surface area contributed by atoms with Crippen LogP contribution >= 0.6 is 7.60 Å². The van der Waals surface area contributed by atoms with Crippen LogP contribution in [0.4, 0.5) is 0 Å². The Kier molecular flexibility index (Phi) is 3.42. The summed E-state index contributed by atoms with van der Waals surface area (Å²) in [6.07, 6.45) is 0. The molecular formula is C14H13O4P. The van der Waals surface area contributed by atoms with Crippen LogP contribution in [0.15, 0.2) is 48.6 Å². The van der Waals surface area contributed by atoms with Crippen LogP contribution in [0.2, 0.25) is 0 Å². The van der Waals surface area contributed by atoms with Crippen LogP contribution in [0.25, 0.3) is 10.8 Å². The monoisotopic (exact) mass is 276 g/mol. The fraction of sp³-hybridized carbons (Fsp3) is 0.0714. The van der Waals surface area contributed by atoms with E-state index in [2.05, 4.69) is 6.58 Å². The van der Waals surface area contributed by atoms with Crippen molar-refractivity contribution in [3.63, 3.8) is 0 Å². The molecule has 2 rings (SSSR count). The van der Waals surface area contributed by atoms with E-state index in [0.717, 1.165) is 0 Å². The molecule has 0 bridgehead atoms. The minimum Gasteiger partial charge on any atom is -0.321 e. The molecule has 0 saturated carbocycles. The minimum absolute atomic E-state index is 0.0135. The smallest absolute Gasteiger partial charge is 0.321 e. The maximum Gasteiger partial charge on any atom is 0.357 e. The van der Waals surface area contributed by atoms with Crippen LogP contribution < -0.4 is 5.30 Å². The van der Waals surface area contributed by atoms with Crippen LogP contribution in [-0.2, 0) is 4.57 Å². The van der Waals surface area contributed by atoms with Gasteiger partial charge in [0.2, 0.25) is 0 Å². The Morgan fingerprint density at radius 3 is 2.37 bits per heavy atom. The fourth-order valence-corrected chi connectivity index (χ4v) is 2.99. The van der Waals surface area contributed by atoms with Crippen LogP contribution in [0, 0.1) is 0 Å². The zero-order chi connectivity index (χ0) is 14.2. The lowest BCUT2D eigenvalue weighted by molar-refractivity contribution is 0.103. The second-order valence-corrected chi connectivity index (χ2v) is 5.87. The van der Waals surface area contributed by atoms with Gasteiger partial charge in [-0.1, -0.05) is 36.9 Å². The maximum atomic E-state index is 12.0. The van der Waals surface area contributed by atoms with Gasteiger partial charge in [0.15, 0.2) is 5.78 Å². The summed E-state index contributed by atoms with van der Waals surface area (Å²) >= 11 is 0. The summed E-state index contributed by atoms with van der Waals surface area (Å²) < 4.78 is 11.7. The van der Waals surface area contributed by atoms with Gasteiger partial charge in [-0.2, -0.15) is 0 Å². The van der Waals surface area contributed by atoms with Crippen molar-refractivity contribution < 1.29 is 19.1 Å². The largest absolute Gasteiger partial charge is 0.357 e. The third-order valence-electron chi connectivity index (χ3n) is 2.82. The Labute approximate surface area is 110 Å². The van der Waals surface area contributed by atoms with Crippen molar-refractivity contribution in [2.45, 2.75) is 6.92 Å². The lowest BCUT2D eigenvalue weighted by Crippen LogP contribution is -2.17. The molecule has 0 atom stereocenters. The second-order valence-electron chi connectivity index (χ2n) is 4.34. The normalized spacial score (nSPS) is 11.5. The molecule has 5 heteroatoms. The highest BCUT2D eigenvalue weighted by atomic mass is 31.2. The molecule has 0 unspecified atom stereocenters. The molecule has 0 aliphatic rings. The van der Waals surface area contributed by atoms with Crippen molar-refractivity contribution in [3.05, 3.63) is 54.1 Å². The van der Waals surface area contributed by atoms with Gasteiger partial charge in [0.05, 0.1) is 5.30 Å². The Bertz CT molecular complexity index is 727. The first-order valence-corrected chi connectivity index (χ1v) is 7.21. The number of benzene rings is 2. The molecule has 0 spiro atoms. The highest BCUT2D eigenvalue weighted by molar-refractivity contribution is 7.61. The summed E-state index contributed by atoms with van der Waals surface area (Å²) in [6.45, 7) is 5.05. The minimum atomic E-state index is -4.56. The van der Waals surface area contributed by atoms with Crippen molar-refractivity contribution in [1.29, 1.82) is 0 Å². The predicted octanol–water partition coefficient (Wildman–Crippen LogP) is 2.40. The van der Waals surface area contributed by atoms with Gasteiger partial charge in [0, 0.05) is 5.56 Å². The second kappa shape index (κ2) is 4.74. The van der Waals surface area contributed by atoms with E-state index < -0.39 is 13.4 Å². The lowest BCUT2D eigenvalue weighted by atomic mass is 10.0. The van der Waals surface area contributed by atoms with Crippen molar-refractivity contribution in [3.8, 4) is 0 Å². The summed E-state index contributed by atoms with van der Waals surface area (Å²) in [5, 5.41) is 0.848. The summed E-state index contributed by atoms with van der Waals surface area (Å²) in [5.41, 5.74) is 0.254. The number of fused-ring (bicyclic) bond motifs is 1. The molecule has 2 aromatic rings. The molecular weight excluding hydrogens is 263 g/mol. The van der Waals surface area contributed by atoms with Crippen LogP contribution in [0.1, 0.15) is 17.3 Å². The summed E-state index contributed by atoms with van der Waals surface area (Å²) in [4.78, 5) is 31.1. The van der Waals surface area contributed by atoms with Crippen molar-refractivity contribution >= 4 is 29.5 Å². The fourth-order valence-electron chi connectivity index (χ4n) is 1.98. The molecule has 0 heterocycles. The summed E-state index contributed by atoms with van der Waals surface area (Å²) in [5.74, 6) is -0.455. The van der Waals surface area contributed by atoms with Crippen molar-refractivity contribution in [2.75, 3.05) is 0 Å². The molecule has 0 fully saturated rings. The number of carbonyl (C=O) groups excluding carboxylic acids is 1. The molecule has 2 N–H and O–H groups in total. The molecule has 0 saturated heterocycles. The number of hydrogen-bond donors (Lipinski definition) is 2. The van der Waals surface area contributed by atoms with Gasteiger partial charge in [-0.3, -0.25) is 9.36 Å². The number of carbonyl (C=O) groups is 1. The van der Waals surface area contributed by atoms with Gasteiger partial charge in [-0.15, -0.1) is 0 Å². The van der Waals surface area contributed by atoms with Crippen molar-refractivity contribution in [2.24, 2.45) is 0 Å². The Morgan fingerprint density at radius 1 is 1.16 bits per heavy atom. The number of ketones is 1. The van der Waals surface area contributed by atoms with E-state index in [0.29, 0.717) is 10.8 Å². The highest BCUT2D eigenvalue weighted by Crippen LogP contribution is 2.38. The number of rotatable bonds is 3. The zero-order valence-electron chi connectivity index (χ0n) is 10.3. The Balaban J connectivity index is 2.90. The quantitative estimate of drug-likeness (QED) is 0.513. The molecule has 2 aromatic carbocycles. The van der Waals surface area contributed by atoms with Crippen LogP contribution in [0.3, 0.4) is 0 Å². The van der Waals surface area contributed by atoms with E-state index in [4.69, 9.17) is 0 Å². The molecule has 98 valence electrons. The molecule has 0 amide bonds. The van der Waals surface area contributed by atoms with Crippen LogP contribution in [0.5, 0.6) is 0 Å². The SMILES string of the molecule is C=C(C)C(=O)c1ccc2ccccc2c1P(=O)(O)O. The van der Waals surface area contributed by atoms with Gasteiger partial charge in [-0.05, 0) is 29.3 Å². The number of allylic oxidation sites excluding steroid dienone is 1. The predicted molar refractivity (Wildman–Crippen MR) is 74.8 cm³/mol. The number of hydrogen-bond acceptors (Lipinski definition) is 2. The standard InChI is InChI=1S/C14H13O4P/c1-9(2)13(15)12-8-7-10-5-3-4-6-11(10)14(12)19(16,17)18/h3-8H,1H2,2H3,(H2,16,17,18). The van der Waals surface area contributed by atoms with E-state index in [1.807, 2.05) is 0 Å². The number of Topliss-reactive ketones (excluding diaryl/α,β-unsaturated/α-hetero) is 1. The Hall–Kier alpha value is -1.74. The van der Waals surface area contributed by atoms with Gasteiger partial charge in [0.25, 0.3) is 0 Å². The van der Waals surface area contributed by atoms with Gasteiger partial charge < -0.3 is 9.79 Å². The first kappa shape index (κ1) is 13.7. The van der Waals surface area contributed by atoms with E-state index in [1.165, 1.54) is 13.0 Å². The van der Waals surface area contributed by atoms with E-state index in [1.54, 1.807) is 30.3 Å². The third-order valence-corrected chi connectivity index (χ3v) is 3.89. The molecule has 19 heavy (non-hydrogen) atoms. The zero-order valence-corrected chi connectivity index (χ0v) is 11.2. The topological polar surface area (TPSA) is 74.6 Å². The lowest BCUT2D eigenvalue weighted by Gasteiger charge is -2.13. The highest BCUT2D eigenvalue weighted by Gasteiger charge is 2.27. The Morgan fingerprint density at radius 2 is 1.79 bits per heavy atom. The van der Waals surface area contributed by atoms with Crippen molar-refractivity contribution in [1.82, 2.24) is 0 Å². The first-order valence-electron chi connectivity index (χ1n) is 5.60. The maximum absolute atomic E-state index is 12.0. The van der Waals surface area contributed by atoms with Crippen LogP contribution in [-0.4, -0.2) is 15.6 Å². The molecule has 0 radical (unpaired) electrons. The van der Waals surface area contributed by atoms with Gasteiger partial charge >= 0.3 is 7.60 Å². The average Bonchev–Trinajstić information content (AvgIpc) is 2.35. The molecule has 0 aromatic heterocycles. The molecule has 0 aliphatic carbocycles. The average molecular weight is 276 g/mol. The summed E-state index contributed by atoms with van der Waals surface area (Å²) in [6, 6.07) is 9.89. The van der Waals surface area contributed by atoms with E-state index in [9.17, 15) is 19.1 Å². The van der Waals surface area contributed by atoms with Gasteiger partial charge in [0.1, 0.15) is 0 Å². The van der Waals surface area contributed by atoms with E-state index >= 15 is 0 Å².